The van der Waals surface area contributed by atoms with E-state index in [0.29, 0.717) is 19.0 Å². The predicted molar refractivity (Wildman–Crippen MR) is 77.3 cm³/mol. The van der Waals surface area contributed by atoms with Crippen LogP contribution in [0.15, 0.2) is 48.5 Å². The van der Waals surface area contributed by atoms with Gasteiger partial charge in [-0.15, -0.1) is 0 Å². The highest BCUT2D eigenvalue weighted by atomic mass is 16.5. The molecule has 100 valence electrons. The number of nitrogens with two attached hydrogens (primary N) is 1. The predicted octanol–water partition coefficient (Wildman–Crippen LogP) is 2.06. The summed E-state index contributed by atoms with van der Waals surface area (Å²) in [5.74, 6) is 1.50. The third-order valence-corrected chi connectivity index (χ3v) is 2.73. The third-order valence-electron chi connectivity index (χ3n) is 2.73. The highest BCUT2D eigenvalue weighted by Crippen LogP contribution is 2.16. The Morgan fingerprint density at radius 1 is 1.11 bits per heavy atom. The minimum Gasteiger partial charge on any atom is -0.476 e. The summed E-state index contributed by atoms with van der Waals surface area (Å²) in [7, 11) is 2.02. The van der Waals surface area contributed by atoms with Gasteiger partial charge in [-0.05, 0) is 11.6 Å². The van der Waals surface area contributed by atoms with Gasteiger partial charge in [0.15, 0.2) is 0 Å². The molecule has 0 radical (unpaired) electrons. The lowest BCUT2D eigenvalue weighted by Gasteiger charge is -2.18. The average molecular weight is 257 g/mol. The standard InChI is InChI=1S/C15H19N3O/c1-18(12-13-6-3-2-4-7-13)14-8-5-9-15(17-14)19-11-10-16/h2-9H,10-12,16H2,1H3. The van der Waals surface area contributed by atoms with E-state index in [0.717, 1.165) is 12.4 Å². The van der Waals surface area contributed by atoms with Crippen LogP contribution in [0.4, 0.5) is 5.82 Å². The molecular formula is C15H19N3O. The summed E-state index contributed by atoms with van der Waals surface area (Å²) in [6.07, 6.45) is 0. The molecule has 0 fully saturated rings. The van der Waals surface area contributed by atoms with Gasteiger partial charge in [0.1, 0.15) is 12.4 Å². The third kappa shape index (κ3) is 3.96. The maximum Gasteiger partial charge on any atom is 0.215 e. The van der Waals surface area contributed by atoms with E-state index in [9.17, 15) is 0 Å². The van der Waals surface area contributed by atoms with Crippen LogP contribution >= 0.6 is 0 Å². The number of pyridine rings is 1. The zero-order valence-electron chi connectivity index (χ0n) is 11.1. The van der Waals surface area contributed by atoms with Crippen LogP contribution in [-0.2, 0) is 6.54 Å². The number of aromatic nitrogens is 1. The first kappa shape index (κ1) is 13.4. The highest BCUT2D eigenvalue weighted by molar-refractivity contribution is 5.40. The molecule has 0 aliphatic carbocycles. The highest BCUT2D eigenvalue weighted by Gasteiger charge is 2.05. The zero-order valence-corrected chi connectivity index (χ0v) is 11.1. The van der Waals surface area contributed by atoms with Crippen molar-refractivity contribution in [3.63, 3.8) is 0 Å². The van der Waals surface area contributed by atoms with Gasteiger partial charge in [0.2, 0.25) is 5.88 Å². The smallest absolute Gasteiger partial charge is 0.215 e. The van der Waals surface area contributed by atoms with Crippen LogP contribution in [0.5, 0.6) is 5.88 Å². The van der Waals surface area contributed by atoms with E-state index in [1.807, 2.05) is 43.4 Å². The molecule has 0 spiro atoms. The molecule has 2 N–H and O–H groups in total. The lowest BCUT2D eigenvalue weighted by Crippen LogP contribution is -2.18. The molecule has 19 heavy (non-hydrogen) atoms. The van der Waals surface area contributed by atoms with Crippen molar-refractivity contribution in [2.24, 2.45) is 5.73 Å². The molecule has 0 saturated carbocycles. The zero-order chi connectivity index (χ0) is 13.5. The first-order chi connectivity index (χ1) is 9.29. The first-order valence-corrected chi connectivity index (χ1v) is 6.34. The molecule has 0 bridgehead atoms. The topological polar surface area (TPSA) is 51.4 Å². The Bertz CT molecular complexity index is 502. The second-order valence-corrected chi connectivity index (χ2v) is 4.31. The second kappa shape index (κ2) is 6.75. The molecule has 0 aliphatic heterocycles. The monoisotopic (exact) mass is 257 g/mol. The number of nitrogens with zero attached hydrogens (tertiary/aromatic N) is 2. The first-order valence-electron chi connectivity index (χ1n) is 6.34. The molecule has 4 heteroatoms. The van der Waals surface area contributed by atoms with E-state index in [4.69, 9.17) is 10.5 Å². The SMILES string of the molecule is CN(Cc1ccccc1)c1cccc(OCCN)n1. The Morgan fingerprint density at radius 2 is 1.89 bits per heavy atom. The molecule has 1 aromatic heterocycles. The molecule has 0 aliphatic rings. The molecule has 2 aromatic rings. The van der Waals surface area contributed by atoms with E-state index >= 15 is 0 Å². The molecule has 0 amide bonds. The lowest BCUT2D eigenvalue weighted by atomic mass is 10.2. The quantitative estimate of drug-likeness (QED) is 0.860. The van der Waals surface area contributed by atoms with Crippen molar-refractivity contribution < 1.29 is 4.74 Å². The maximum absolute atomic E-state index is 5.43. The summed E-state index contributed by atoms with van der Waals surface area (Å²) in [5.41, 5.74) is 6.66. The average Bonchev–Trinajstić information content (AvgIpc) is 2.46. The Balaban J connectivity index is 2.04. The Labute approximate surface area is 113 Å². The van der Waals surface area contributed by atoms with Crippen molar-refractivity contribution in [1.82, 2.24) is 4.98 Å². The fourth-order valence-corrected chi connectivity index (χ4v) is 1.80. The molecule has 0 atom stereocenters. The van der Waals surface area contributed by atoms with Crippen LogP contribution in [0.2, 0.25) is 0 Å². The van der Waals surface area contributed by atoms with Gasteiger partial charge < -0.3 is 15.4 Å². The van der Waals surface area contributed by atoms with Crippen molar-refractivity contribution in [1.29, 1.82) is 0 Å². The molecule has 4 nitrogen and oxygen atoms in total. The maximum atomic E-state index is 5.43. The summed E-state index contributed by atoms with van der Waals surface area (Å²) >= 11 is 0. The minimum atomic E-state index is 0.485. The van der Waals surface area contributed by atoms with Crippen molar-refractivity contribution in [3.8, 4) is 5.88 Å². The fourth-order valence-electron chi connectivity index (χ4n) is 1.80. The van der Waals surface area contributed by atoms with Crippen molar-refractivity contribution in [2.45, 2.75) is 6.54 Å². The second-order valence-electron chi connectivity index (χ2n) is 4.31. The van der Waals surface area contributed by atoms with Crippen molar-refractivity contribution >= 4 is 5.82 Å². The number of anilines is 1. The van der Waals surface area contributed by atoms with Gasteiger partial charge in [-0.3, -0.25) is 0 Å². The van der Waals surface area contributed by atoms with Gasteiger partial charge in [-0.1, -0.05) is 36.4 Å². The molecular weight excluding hydrogens is 238 g/mol. The lowest BCUT2D eigenvalue weighted by molar-refractivity contribution is 0.316. The van der Waals surface area contributed by atoms with E-state index in [1.54, 1.807) is 0 Å². The summed E-state index contributed by atoms with van der Waals surface area (Å²) < 4.78 is 5.43. The van der Waals surface area contributed by atoms with Gasteiger partial charge in [-0.25, -0.2) is 0 Å². The summed E-state index contributed by atoms with van der Waals surface area (Å²) in [6.45, 7) is 1.79. The summed E-state index contributed by atoms with van der Waals surface area (Å²) in [5, 5.41) is 0. The normalized spacial score (nSPS) is 10.2. The molecule has 0 saturated heterocycles. The van der Waals surface area contributed by atoms with Crippen LogP contribution in [0.25, 0.3) is 0 Å². The molecule has 1 heterocycles. The van der Waals surface area contributed by atoms with Gasteiger partial charge in [-0.2, -0.15) is 4.98 Å². The van der Waals surface area contributed by atoms with E-state index in [-0.39, 0.29) is 0 Å². The van der Waals surface area contributed by atoms with Crippen LogP contribution in [0, 0.1) is 0 Å². The Kier molecular flexibility index (Phi) is 4.75. The van der Waals surface area contributed by atoms with E-state index < -0.39 is 0 Å². The molecule has 0 unspecified atom stereocenters. The van der Waals surface area contributed by atoms with Crippen LogP contribution < -0.4 is 15.4 Å². The van der Waals surface area contributed by atoms with E-state index in [2.05, 4.69) is 22.0 Å². The van der Waals surface area contributed by atoms with Crippen LogP contribution in [-0.4, -0.2) is 25.2 Å². The van der Waals surface area contributed by atoms with Crippen molar-refractivity contribution in [2.75, 3.05) is 25.1 Å². The van der Waals surface area contributed by atoms with Crippen molar-refractivity contribution in [3.05, 3.63) is 54.1 Å². The van der Waals surface area contributed by atoms with Gasteiger partial charge in [0, 0.05) is 26.2 Å². The van der Waals surface area contributed by atoms with Crippen LogP contribution in [0.3, 0.4) is 0 Å². The Hall–Kier alpha value is -2.07. The number of benzene rings is 1. The molecule has 1 aromatic carbocycles. The molecule has 2 rings (SSSR count). The summed E-state index contributed by atoms with van der Waals surface area (Å²) in [6, 6.07) is 16.1. The minimum absolute atomic E-state index is 0.485. The fraction of sp³-hybridized carbons (Fsp3) is 0.267. The van der Waals surface area contributed by atoms with Gasteiger partial charge >= 0.3 is 0 Å². The van der Waals surface area contributed by atoms with Crippen LogP contribution in [0.1, 0.15) is 5.56 Å². The van der Waals surface area contributed by atoms with E-state index in [1.165, 1.54) is 5.56 Å². The number of hydrogen-bond donors (Lipinski definition) is 1. The number of ether oxygens (including phenoxy) is 1. The number of hydrogen-bond acceptors (Lipinski definition) is 4. The summed E-state index contributed by atoms with van der Waals surface area (Å²) in [4.78, 5) is 6.54. The van der Waals surface area contributed by atoms with Gasteiger partial charge in [0.05, 0.1) is 0 Å². The Morgan fingerprint density at radius 3 is 2.63 bits per heavy atom. The number of rotatable bonds is 6. The van der Waals surface area contributed by atoms with Gasteiger partial charge in [0.25, 0.3) is 0 Å². The largest absolute Gasteiger partial charge is 0.476 e.